The summed E-state index contributed by atoms with van der Waals surface area (Å²) in [7, 11) is 0. The number of rotatable bonds is 4. The monoisotopic (exact) mass is 244 g/mol. The zero-order valence-electron chi connectivity index (χ0n) is 5.83. The molecular formula is C5H11CuNO2S2+2. The number of hydrogen-bond acceptors (Lipinski definition) is 3. The van der Waals surface area contributed by atoms with E-state index in [2.05, 4.69) is 12.6 Å². The number of aliphatic hydroxyl groups excluding tert-OH is 2. The molecule has 0 saturated heterocycles. The minimum Gasteiger partial charge on any atom is -0.395 e. The predicted molar refractivity (Wildman–Crippen MR) is 47.3 cm³/mol. The van der Waals surface area contributed by atoms with Gasteiger partial charge in [-0.05, 0) is 0 Å². The zero-order valence-corrected chi connectivity index (χ0v) is 8.48. The summed E-state index contributed by atoms with van der Waals surface area (Å²) in [5.74, 6) is 0. The molecule has 1 radical (unpaired) electrons. The topological polar surface area (TPSA) is 43.7 Å². The SMILES string of the molecule is OCCN(CCO)C(=S)S.[Cu+2]. The largest absolute Gasteiger partial charge is 2.00 e. The fourth-order valence-corrected chi connectivity index (χ4v) is 0.927. The van der Waals surface area contributed by atoms with Gasteiger partial charge >= 0.3 is 17.1 Å². The van der Waals surface area contributed by atoms with Crippen LogP contribution in [0.4, 0.5) is 0 Å². The number of nitrogens with zero attached hydrogens (tertiary/aromatic N) is 1. The van der Waals surface area contributed by atoms with Crippen LogP contribution < -0.4 is 0 Å². The molecule has 6 heteroatoms. The molecule has 0 aliphatic carbocycles. The van der Waals surface area contributed by atoms with Gasteiger partial charge in [0.2, 0.25) is 0 Å². The first kappa shape index (κ1) is 14.2. The summed E-state index contributed by atoms with van der Waals surface area (Å²) < 4.78 is 0.406. The Hall–Kier alpha value is 0.679. The summed E-state index contributed by atoms with van der Waals surface area (Å²) in [6.07, 6.45) is 0. The first-order valence-corrected chi connectivity index (χ1v) is 3.77. The average Bonchev–Trinajstić information content (AvgIpc) is 1.87. The molecule has 0 amide bonds. The van der Waals surface area contributed by atoms with E-state index in [4.69, 9.17) is 22.4 Å². The predicted octanol–water partition coefficient (Wildman–Crippen LogP) is -0.515. The van der Waals surface area contributed by atoms with Crippen LogP contribution in [0.5, 0.6) is 0 Å². The molecule has 0 aliphatic heterocycles. The Morgan fingerprint density at radius 2 is 1.64 bits per heavy atom. The van der Waals surface area contributed by atoms with E-state index in [1.807, 2.05) is 0 Å². The van der Waals surface area contributed by atoms with E-state index in [-0.39, 0.29) is 30.3 Å². The van der Waals surface area contributed by atoms with Crippen LogP contribution in [0.3, 0.4) is 0 Å². The van der Waals surface area contributed by atoms with Crippen LogP contribution in [-0.4, -0.2) is 45.7 Å². The van der Waals surface area contributed by atoms with E-state index in [9.17, 15) is 0 Å². The van der Waals surface area contributed by atoms with Crippen molar-refractivity contribution in [1.82, 2.24) is 4.90 Å². The van der Waals surface area contributed by atoms with Crippen LogP contribution in [0.25, 0.3) is 0 Å². The molecular weight excluding hydrogens is 234 g/mol. The Balaban J connectivity index is 0. The number of hydrogen-bond donors (Lipinski definition) is 3. The van der Waals surface area contributed by atoms with Gasteiger partial charge in [0.1, 0.15) is 4.32 Å². The first-order chi connectivity index (χ1) is 4.72. The molecule has 11 heavy (non-hydrogen) atoms. The standard InChI is InChI=1S/C5H11NO2S2.Cu/c7-3-1-6(2-4-8)5(9)10;/h7-8H,1-4H2,(H,9,10);/q;+2. The van der Waals surface area contributed by atoms with Crippen LogP contribution in [0, 0.1) is 0 Å². The second-order valence-electron chi connectivity index (χ2n) is 1.72. The molecule has 0 spiro atoms. The van der Waals surface area contributed by atoms with Gasteiger partial charge in [-0.3, -0.25) is 0 Å². The summed E-state index contributed by atoms with van der Waals surface area (Å²) in [4.78, 5) is 1.62. The normalized spacial score (nSPS) is 8.64. The van der Waals surface area contributed by atoms with E-state index in [1.165, 1.54) is 0 Å². The molecule has 0 bridgehead atoms. The Morgan fingerprint density at radius 1 is 1.27 bits per heavy atom. The fourth-order valence-electron chi connectivity index (χ4n) is 0.545. The molecule has 0 rings (SSSR count). The van der Waals surface area contributed by atoms with E-state index in [1.54, 1.807) is 4.90 Å². The Bertz CT molecular complexity index is 109. The van der Waals surface area contributed by atoms with Crippen molar-refractivity contribution in [1.29, 1.82) is 0 Å². The zero-order chi connectivity index (χ0) is 7.98. The van der Waals surface area contributed by atoms with Crippen molar-refractivity contribution in [2.75, 3.05) is 26.3 Å². The molecule has 0 saturated carbocycles. The first-order valence-electron chi connectivity index (χ1n) is 2.92. The van der Waals surface area contributed by atoms with Gasteiger partial charge in [-0.2, -0.15) is 0 Å². The summed E-state index contributed by atoms with van der Waals surface area (Å²) in [5.41, 5.74) is 0. The maximum atomic E-state index is 8.50. The van der Waals surface area contributed by atoms with E-state index in [0.29, 0.717) is 17.4 Å². The third-order valence-corrected chi connectivity index (χ3v) is 1.55. The molecule has 0 atom stereocenters. The molecule has 0 aromatic rings. The molecule has 0 fully saturated rings. The van der Waals surface area contributed by atoms with Crippen molar-refractivity contribution in [2.24, 2.45) is 0 Å². The van der Waals surface area contributed by atoms with E-state index < -0.39 is 0 Å². The van der Waals surface area contributed by atoms with Crippen LogP contribution in [-0.2, 0) is 17.1 Å². The summed E-state index contributed by atoms with van der Waals surface area (Å²) in [6, 6.07) is 0. The second kappa shape index (κ2) is 8.77. The molecule has 69 valence electrons. The maximum absolute atomic E-state index is 8.50. The minimum atomic E-state index is 0. The third kappa shape index (κ3) is 7.05. The van der Waals surface area contributed by atoms with Gasteiger partial charge in [0.05, 0.1) is 13.2 Å². The third-order valence-electron chi connectivity index (χ3n) is 1.01. The van der Waals surface area contributed by atoms with Crippen LogP contribution in [0.1, 0.15) is 0 Å². The summed E-state index contributed by atoms with van der Waals surface area (Å²) in [5, 5.41) is 17.0. The molecule has 0 unspecified atom stereocenters. The Morgan fingerprint density at radius 3 is 1.82 bits per heavy atom. The van der Waals surface area contributed by atoms with Crippen molar-refractivity contribution in [3.63, 3.8) is 0 Å². The second-order valence-corrected chi connectivity index (χ2v) is 2.83. The van der Waals surface area contributed by atoms with Gasteiger partial charge in [0, 0.05) is 13.1 Å². The van der Waals surface area contributed by atoms with Gasteiger partial charge in [-0.25, -0.2) is 0 Å². The van der Waals surface area contributed by atoms with E-state index >= 15 is 0 Å². The summed E-state index contributed by atoms with van der Waals surface area (Å²) >= 11 is 8.61. The minimum absolute atomic E-state index is 0. The molecule has 2 N–H and O–H groups in total. The molecule has 0 aliphatic rings. The molecule has 0 heterocycles. The number of aliphatic hydroxyl groups is 2. The number of thiol groups is 1. The van der Waals surface area contributed by atoms with Crippen LogP contribution >= 0.6 is 24.8 Å². The van der Waals surface area contributed by atoms with Crippen molar-refractivity contribution >= 4 is 29.2 Å². The van der Waals surface area contributed by atoms with Crippen molar-refractivity contribution in [2.45, 2.75) is 0 Å². The Labute approximate surface area is 87.7 Å². The van der Waals surface area contributed by atoms with Crippen molar-refractivity contribution in [3.8, 4) is 0 Å². The number of thiocarbonyl (C=S) groups is 1. The maximum Gasteiger partial charge on any atom is 2.00 e. The Kier molecular flexibility index (Phi) is 11.3. The van der Waals surface area contributed by atoms with Gasteiger partial charge in [0.25, 0.3) is 0 Å². The van der Waals surface area contributed by atoms with Crippen LogP contribution in [0.15, 0.2) is 0 Å². The fraction of sp³-hybridized carbons (Fsp3) is 0.800. The smallest absolute Gasteiger partial charge is 0.395 e. The van der Waals surface area contributed by atoms with Gasteiger partial charge in [0.15, 0.2) is 0 Å². The average molecular weight is 245 g/mol. The summed E-state index contributed by atoms with van der Waals surface area (Å²) in [6.45, 7) is 0.924. The molecule has 0 aromatic carbocycles. The van der Waals surface area contributed by atoms with Crippen molar-refractivity contribution in [3.05, 3.63) is 0 Å². The van der Waals surface area contributed by atoms with E-state index in [0.717, 1.165) is 0 Å². The molecule has 0 aromatic heterocycles. The quantitative estimate of drug-likeness (QED) is 0.354. The molecule has 3 nitrogen and oxygen atoms in total. The van der Waals surface area contributed by atoms with Crippen LogP contribution in [0.2, 0.25) is 0 Å². The van der Waals surface area contributed by atoms with Gasteiger partial charge < -0.3 is 15.1 Å². The van der Waals surface area contributed by atoms with Gasteiger partial charge in [-0.1, -0.05) is 12.2 Å². The van der Waals surface area contributed by atoms with Gasteiger partial charge in [-0.15, -0.1) is 12.6 Å². The van der Waals surface area contributed by atoms with Crippen molar-refractivity contribution < 1.29 is 27.3 Å².